The number of halogens is 2. The summed E-state index contributed by atoms with van der Waals surface area (Å²) in [5.74, 6) is 0. The summed E-state index contributed by atoms with van der Waals surface area (Å²) in [4.78, 5) is 0.188. The SMILES string of the molecule is C=CCCNS(=O)(=O)c1ccc(Cl)c(Br)c1. The van der Waals surface area contributed by atoms with Gasteiger partial charge in [0, 0.05) is 11.0 Å². The summed E-state index contributed by atoms with van der Waals surface area (Å²) in [6.45, 7) is 3.86. The zero-order chi connectivity index (χ0) is 12.2. The third kappa shape index (κ3) is 3.59. The Morgan fingerprint density at radius 2 is 2.19 bits per heavy atom. The Balaban J connectivity index is 2.90. The molecule has 1 N–H and O–H groups in total. The highest BCUT2D eigenvalue weighted by molar-refractivity contribution is 9.10. The summed E-state index contributed by atoms with van der Waals surface area (Å²) in [6.07, 6.45) is 2.24. The van der Waals surface area contributed by atoms with Crippen LogP contribution in [0, 0.1) is 0 Å². The molecule has 6 heteroatoms. The lowest BCUT2D eigenvalue weighted by Gasteiger charge is -2.06. The molecular formula is C10H11BrClNO2S. The van der Waals surface area contributed by atoms with Crippen LogP contribution in [-0.4, -0.2) is 15.0 Å². The Hall–Kier alpha value is -0.360. The molecule has 0 bridgehead atoms. The Morgan fingerprint density at radius 3 is 2.75 bits per heavy atom. The van der Waals surface area contributed by atoms with Crippen molar-refractivity contribution in [2.45, 2.75) is 11.3 Å². The Kier molecular flexibility index (Phi) is 4.98. The molecule has 0 saturated heterocycles. The zero-order valence-corrected chi connectivity index (χ0v) is 11.6. The van der Waals surface area contributed by atoms with Crippen LogP contribution in [0.15, 0.2) is 40.2 Å². The van der Waals surface area contributed by atoms with E-state index in [4.69, 9.17) is 11.6 Å². The quantitative estimate of drug-likeness (QED) is 0.668. The van der Waals surface area contributed by atoms with Gasteiger partial charge >= 0.3 is 0 Å². The summed E-state index contributed by atoms with van der Waals surface area (Å²) in [7, 11) is -3.46. The van der Waals surface area contributed by atoms with Crippen molar-refractivity contribution in [3.8, 4) is 0 Å². The van der Waals surface area contributed by atoms with E-state index in [0.29, 0.717) is 22.5 Å². The highest BCUT2D eigenvalue weighted by Gasteiger charge is 2.13. The van der Waals surface area contributed by atoms with Gasteiger partial charge in [-0.15, -0.1) is 6.58 Å². The minimum atomic E-state index is -3.46. The lowest BCUT2D eigenvalue weighted by atomic mass is 10.4. The zero-order valence-electron chi connectivity index (χ0n) is 8.41. The van der Waals surface area contributed by atoms with Gasteiger partial charge in [0.1, 0.15) is 0 Å². The Morgan fingerprint density at radius 1 is 1.50 bits per heavy atom. The van der Waals surface area contributed by atoms with Gasteiger partial charge < -0.3 is 0 Å². The Bertz CT molecular complexity index is 488. The van der Waals surface area contributed by atoms with E-state index >= 15 is 0 Å². The molecule has 0 aromatic heterocycles. The highest BCUT2D eigenvalue weighted by Crippen LogP contribution is 2.25. The summed E-state index contributed by atoms with van der Waals surface area (Å²) in [6, 6.07) is 4.47. The van der Waals surface area contributed by atoms with Crippen LogP contribution < -0.4 is 4.72 Å². The molecule has 16 heavy (non-hydrogen) atoms. The van der Waals surface area contributed by atoms with E-state index in [1.54, 1.807) is 6.08 Å². The normalized spacial score (nSPS) is 11.4. The molecule has 0 heterocycles. The van der Waals surface area contributed by atoms with Gasteiger partial charge in [0.25, 0.3) is 0 Å². The molecule has 3 nitrogen and oxygen atoms in total. The number of hydrogen-bond acceptors (Lipinski definition) is 2. The van der Waals surface area contributed by atoms with Gasteiger partial charge in [-0.3, -0.25) is 0 Å². The van der Waals surface area contributed by atoms with Crippen molar-refractivity contribution in [3.63, 3.8) is 0 Å². The van der Waals surface area contributed by atoms with Gasteiger partial charge in [0.05, 0.1) is 9.92 Å². The van der Waals surface area contributed by atoms with Gasteiger partial charge in [0.2, 0.25) is 10.0 Å². The first-order chi connectivity index (χ1) is 7.47. The van der Waals surface area contributed by atoms with Crippen LogP contribution in [0.3, 0.4) is 0 Å². The number of rotatable bonds is 5. The number of nitrogens with one attached hydrogen (secondary N) is 1. The number of hydrogen-bond donors (Lipinski definition) is 1. The molecule has 1 rings (SSSR count). The molecule has 0 aliphatic heterocycles. The lowest BCUT2D eigenvalue weighted by molar-refractivity contribution is 0.582. The van der Waals surface area contributed by atoms with Crippen molar-refractivity contribution < 1.29 is 8.42 Å². The van der Waals surface area contributed by atoms with E-state index in [1.165, 1.54) is 18.2 Å². The average molecular weight is 325 g/mol. The second-order valence-electron chi connectivity index (χ2n) is 3.05. The molecule has 0 atom stereocenters. The maximum atomic E-state index is 11.8. The second kappa shape index (κ2) is 5.82. The van der Waals surface area contributed by atoms with Crippen LogP contribution >= 0.6 is 27.5 Å². The van der Waals surface area contributed by atoms with Gasteiger partial charge in [-0.25, -0.2) is 13.1 Å². The molecule has 0 fully saturated rings. The molecule has 1 aromatic rings. The van der Waals surface area contributed by atoms with E-state index in [0.717, 1.165) is 0 Å². The molecule has 0 saturated carbocycles. The molecule has 0 unspecified atom stereocenters. The van der Waals surface area contributed by atoms with Crippen molar-refractivity contribution in [2.24, 2.45) is 0 Å². The molecule has 0 amide bonds. The van der Waals surface area contributed by atoms with Gasteiger partial charge in [-0.1, -0.05) is 17.7 Å². The maximum Gasteiger partial charge on any atom is 0.240 e. The van der Waals surface area contributed by atoms with Crippen molar-refractivity contribution >= 4 is 37.6 Å². The molecule has 0 aliphatic carbocycles. The van der Waals surface area contributed by atoms with Crippen LogP contribution in [0.4, 0.5) is 0 Å². The number of benzene rings is 1. The van der Waals surface area contributed by atoms with E-state index in [9.17, 15) is 8.42 Å². The summed E-state index contributed by atoms with van der Waals surface area (Å²) in [5.41, 5.74) is 0. The predicted octanol–water partition coefficient (Wildman–Crippen LogP) is 2.96. The lowest BCUT2D eigenvalue weighted by Crippen LogP contribution is -2.24. The molecule has 0 radical (unpaired) electrons. The van der Waals surface area contributed by atoms with Crippen LogP contribution in [0.5, 0.6) is 0 Å². The molecule has 0 aliphatic rings. The topological polar surface area (TPSA) is 46.2 Å². The molecule has 88 valence electrons. The number of sulfonamides is 1. The van der Waals surface area contributed by atoms with Crippen molar-refractivity contribution in [3.05, 3.63) is 40.3 Å². The van der Waals surface area contributed by atoms with Crippen molar-refractivity contribution in [1.29, 1.82) is 0 Å². The van der Waals surface area contributed by atoms with Crippen LogP contribution in [0.25, 0.3) is 0 Å². The van der Waals surface area contributed by atoms with Crippen LogP contribution in [0.1, 0.15) is 6.42 Å². The summed E-state index contributed by atoms with van der Waals surface area (Å²) < 4.78 is 26.5. The minimum Gasteiger partial charge on any atom is -0.211 e. The fourth-order valence-electron chi connectivity index (χ4n) is 1.02. The first kappa shape index (κ1) is 13.7. The smallest absolute Gasteiger partial charge is 0.211 e. The third-order valence-electron chi connectivity index (χ3n) is 1.84. The maximum absolute atomic E-state index is 11.8. The van der Waals surface area contributed by atoms with Gasteiger partial charge in [-0.2, -0.15) is 0 Å². The van der Waals surface area contributed by atoms with Crippen LogP contribution in [0.2, 0.25) is 5.02 Å². The molecule has 0 spiro atoms. The standard InChI is InChI=1S/C10H11BrClNO2S/c1-2-3-6-13-16(14,15)8-4-5-10(12)9(11)7-8/h2,4-5,7,13H,1,3,6H2. The monoisotopic (exact) mass is 323 g/mol. The largest absolute Gasteiger partial charge is 0.240 e. The molecular weight excluding hydrogens is 314 g/mol. The van der Waals surface area contributed by atoms with E-state index in [1.807, 2.05) is 0 Å². The van der Waals surface area contributed by atoms with E-state index in [-0.39, 0.29) is 4.90 Å². The Labute approximate surface area is 109 Å². The van der Waals surface area contributed by atoms with E-state index < -0.39 is 10.0 Å². The van der Waals surface area contributed by atoms with Crippen molar-refractivity contribution in [2.75, 3.05) is 6.54 Å². The third-order valence-corrected chi connectivity index (χ3v) is 4.51. The average Bonchev–Trinajstić information content (AvgIpc) is 2.22. The summed E-state index contributed by atoms with van der Waals surface area (Å²) >= 11 is 8.96. The van der Waals surface area contributed by atoms with Crippen LogP contribution in [-0.2, 0) is 10.0 Å². The van der Waals surface area contributed by atoms with E-state index in [2.05, 4.69) is 27.2 Å². The second-order valence-corrected chi connectivity index (χ2v) is 6.08. The van der Waals surface area contributed by atoms with Gasteiger partial charge in [0.15, 0.2) is 0 Å². The first-order valence-corrected chi connectivity index (χ1v) is 7.18. The van der Waals surface area contributed by atoms with Crippen molar-refractivity contribution in [1.82, 2.24) is 4.72 Å². The first-order valence-electron chi connectivity index (χ1n) is 4.53. The minimum absolute atomic E-state index is 0.188. The fraction of sp³-hybridized carbons (Fsp3) is 0.200. The van der Waals surface area contributed by atoms with Gasteiger partial charge in [-0.05, 0) is 40.5 Å². The highest BCUT2D eigenvalue weighted by atomic mass is 79.9. The molecule has 1 aromatic carbocycles. The summed E-state index contributed by atoms with van der Waals surface area (Å²) in [5, 5.41) is 0.477. The fourth-order valence-corrected chi connectivity index (χ4v) is 2.74. The predicted molar refractivity (Wildman–Crippen MR) is 69.2 cm³/mol.